The van der Waals surface area contributed by atoms with Gasteiger partial charge in [0.25, 0.3) is 0 Å². The molecular weight excluding hydrogens is 156 g/mol. The van der Waals surface area contributed by atoms with Gasteiger partial charge in [0.15, 0.2) is 0 Å². The number of thiazole rings is 1. The van der Waals surface area contributed by atoms with Crippen LogP contribution in [0.4, 0.5) is 0 Å². The van der Waals surface area contributed by atoms with Crippen LogP contribution >= 0.6 is 11.3 Å². The van der Waals surface area contributed by atoms with E-state index in [2.05, 4.69) is 24.1 Å². The first-order valence-electron chi connectivity index (χ1n) is 3.90. The lowest BCUT2D eigenvalue weighted by atomic mass is 10.3. The van der Waals surface area contributed by atoms with E-state index in [4.69, 9.17) is 0 Å². The van der Waals surface area contributed by atoms with Gasteiger partial charge in [-0.2, -0.15) is 0 Å². The zero-order valence-electron chi connectivity index (χ0n) is 7.00. The summed E-state index contributed by atoms with van der Waals surface area (Å²) in [5.74, 6) is 0. The smallest absolute Gasteiger partial charge is 0.0794 e. The molecule has 2 nitrogen and oxygen atoms in total. The van der Waals surface area contributed by atoms with Crippen molar-refractivity contribution in [2.75, 3.05) is 6.54 Å². The first kappa shape index (κ1) is 8.68. The molecule has 62 valence electrons. The molecule has 0 saturated carbocycles. The van der Waals surface area contributed by atoms with Crippen LogP contribution in [-0.2, 0) is 6.42 Å². The van der Waals surface area contributed by atoms with Gasteiger partial charge in [0.2, 0.25) is 0 Å². The largest absolute Gasteiger partial charge is 0.314 e. The normalized spacial score (nSPS) is 10.8. The summed E-state index contributed by atoms with van der Waals surface area (Å²) < 4.78 is 0. The minimum Gasteiger partial charge on any atom is -0.314 e. The van der Waals surface area contributed by atoms with Crippen molar-refractivity contribution in [1.82, 2.24) is 10.3 Å². The highest BCUT2D eigenvalue weighted by Gasteiger charge is 1.94. The molecule has 0 aliphatic rings. The summed E-state index contributed by atoms with van der Waals surface area (Å²) in [5, 5.41) is 3.36. The summed E-state index contributed by atoms with van der Waals surface area (Å²) in [7, 11) is 0. The van der Waals surface area contributed by atoms with Crippen molar-refractivity contribution in [3.05, 3.63) is 16.6 Å². The van der Waals surface area contributed by atoms with E-state index in [1.165, 1.54) is 4.88 Å². The fraction of sp³-hybridized carbons (Fsp3) is 0.625. The van der Waals surface area contributed by atoms with Crippen LogP contribution in [0.1, 0.15) is 18.7 Å². The first-order valence-corrected chi connectivity index (χ1v) is 4.78. The molecule has 0 aliphatic carbocycles. The Labute approximate surface area is 71.7 Å². The Balaban J connectivity index is 2.14. The van der Waals surface area contributed by atoms with E-state index in [9.17, 15) is 0 Å². The van der Waals surface area contributed by atoms with Crippen LogP contribution in [-0.4, -0.2) is 17.6 Å². The lowest BCUT2D eigenvalue weighted by Gasteiger charge is -2.05. The topological polar surface area (TPSA) is 24.9 Å². The van der Waals surface area contributed by atoms with Crippen LogP contribution in [0, 0.1) is 0 Å². The average molecular weight is 170 g/mol. The highest BCUT2D eigenvalue weighted by molar-refractivity contribution is 7.09. The quantitative estimate of drug-likeness (QED) is 0.743. The summed E-state index contributed by atoms with van der Waals surface area (Å²) in [6.45, 7) is 5.37. The van der Waals surface area contributed by atoms with E-state index < -0.39 is 0 Å². The van der Waals surface area contributed by atoms with Crippen molar-refractivity contribution >= 4 is 11.3 Å². The number of aromatic nitrogens is 1. The van der Waals surface area contributed by atoms with Gasteiger partial charge in [0.05, 0.1) is 5.51 Å². The van der Waals surface area contributed by atoms with Gasteiger partial charge in [0, 0.05) is 23.7 Å². The van der Waals surface area contributed by atoms with E-state index in [0.717, 1.165) is 13.0 Å². The molecule has 0 radical (unpaired) electrons. The molecule has 1 N–H and O–H groups in total. The molecule has 1 aromatic rings. The number of hydrogen-bond donors (Lipinski definition) is 1. The third-order valence-electron chi connectivity index (χ3n) is 1.41. The number of nitrogens with one attached hydrogen (secondary N) is 1. The van der Waals surface area contributed by atoms with Crippen molar-refractivity contribution in [3.63, 3.8) is 0 Å². The maximum absolute atomic E-state index is 4.01. The molecule has 0 amide bonds. The van der Waals surface area contributed by atoms with Gasteiger partial charge >= 0.3 is 0 Å². The van der Waals surface area contributed by atoms with Gasteiger partial charge < -0.3 is 5.32 Å². The van der Waals surface area contributed by atoms with E-state index in [1.54, 1.807) is 11.3 Å². The lowest BCUT2D eigenvalue weighted by molar-refractivity contribution is 0.592. The first-order chi connectivity index (χ1) is 5.29. The number of hydrogen-bond acceptors (Lipinski definition) is 3. The van der Waals surface area contributed by atoms with E-state index >= 15 is 0 Å². The fourth-order valence-corrected chi connectivity index (χ4v) is 1.45. The van der Waals surface area contributed by atoms with Crippen LogP contribution in [0.3, 0.4) is 0 Å². The Morgan fingerprint density at radius 1 is 1.64 bits per heavy atom. The summed E-state index contributed by atoms with van der Waals surface area (Å²) >= 11 is 1.72. The maximum atomic E-state index is 4.01. The van der Waals surface area contributed by atoms with Crippen molar-refractivity contribution in [2.24, 2.45) is 0 Å². The third kappa shape index (κ3) is 3.49. The van der Waals surface area contributed by atoms with Gasteiger partial charge in [-0.1, -0.05) is 13.8 Å². The molecular formula is C8H14N2S. The standard InChI is InChI=1S/C8H14N2S/c1-7(2)10-4-3-8-5-9-6-11-8/h5-7,10H,3-4H2,1-2H3. The van der Waals surface area contributed by atoms with Crippen LogP contribution in [0.5, 0.6) is 0 Å². The van der Waals surface area contributed by atoms with E-state index in [-0.39, 0.29) is 0 Å². The van der Waals surface area contributed by atoms with Gasteiger partial charge in [-0.25, -0.2) is 0 Å². The van der Waals surface area contributed by atoms with Gasteiger partial charge in [-0.3, -0.25) is 4.98 Å². The van der Waals surface area contributed by atoms with Crippen LogP contribution in [0.2, 0.25) is 0 Å². The Kier molecular flexibility index (Phi) is 3.52. The molecule has 3 heteroatoms. The molecule has 0 saturated heterocycles. The van der Waals surface area contributed by atoms with E-state index in [1.807, 2.05) is 11.7 Å². The predicted molar refractivity (Wildman–Crippen MR) is 49.0 cm³/mol. The molecule has 1 heterocycles. The van der Waals surface area contributed by atoms with Crippen molar-refractivity contribution in [2.45, 2.75) is 26.3 Å². The molecule has 0 atom stereocenters. The second-order valence-electron chi connectivity index (χ2n) is 2.83. The van der Waals surface area contributed by atoms with Crippen LogP contribution in [0.15, 0.2) is 11.7 Å². The van der Waals surface area contributed by atoms with E-state index in [0.29, 0.717) is 6.04 Å². The fourth-order valence-electron chi connectivity index (χ4n) is 0.850. The summed E-state index contributed by atoms with van der Waals surface area (Å²) in [4.78, 5) is 5.37. The second-order valence-corrected chi connectivity index (χ2v) is 3.80. The van der Waals surface area contributed by atoms with Crippen molar-refractivity contribution < 1.29 is 0 Å². The molecule has 0 unspecified atom stereocenters. The monoisotopic (exact) mass is 170 g/mol. The number of rotatable bonds is 4. The number of nitrogens with zero attached hydrogens (tertiary/aromatic N) is 1. The Bertz CT molecular complexity index is 182. The third-order valence-corrected chi connectivity index (χ3v) is 2.25. The Morgan fingerprint density at radius 2 is 2.45 bits per heavy atom. The molecule has 11 heavy (non-hydrogen) atoms. The van der Waals surface area contributed by atoms with Crippen molar-refractivity contribution in [3.8, 4) is 0 Å². The Morgan fingerprint density at radius 3 is 3.00 bits per heavy atom. The van der Waals surface area contributed by atoms with Crippen molar-refractivity contribution in [1.29, 1.82) is 0 Å². The summed E-state index contributed by atoms with van der Waals surface area (Å²) in [6.07, 6.45) is 3.04. The SMILES string of the molecule is CC(C)NCCc1cncs1. The Hall–Kier alpha value is -0.410. The summed E-state index contributed by atoms with van der Waals surface area (Å²) in [5.41, 5.74) is 1.88. The van der Waals surface area contributed by atoms with Gasteiger partial charge in [0.1, 0.15) is 0 Å². The second kappa shape index (κ2) is 4.46. The molecule has 0 bridgehead atoms. The van der Waals surface area contributed by atoms with Gasteiger partial charge in [-0.15, -0.1) is 11.3 Å². The van der Waals surface area contributed by atoms with Crippen LogP contribution in [0.25, 0.3) is 0 Å². The van der Waals surface area contributed by atoms with Gasteiger partial charge in [-0.05, 0) is 6.42 Å². The zero-order valence-corrected chi connectivity index (χ0v) is 7.82. The highest BCUT2D eigenvalue weighted by Crippen LogP contribution is 2.04. The molecule has 0 aliphatic heterocycles. The predicted octanol–water partition coefficient (Wildman–Crippen LogP) is 1.68. The van der Waals surface area contributed by atoms with Crippen LogP contribution < -0.4 is 5.32 Å². The zero-order chi connectivity index (χ0) is 8.10. The summed E-state index contributed by atoms with van der Waals surface area (Å²) in [6, 6.07) is 0.586. The molecule has 0 spiro atoms. The maximum Gasteiger partial charge on any atom is 0.0794 e. The minimum atomic E-state index is 0.586. The lowest BCUT2D eigenvalue weighted by Crippen LogP contribution is -2.24. The minimum absolute atomic E-state index is 0.586. The molecule has 0 aromatic carbocycles. The molecule has 0 fully saturated rings. The molecule has 1 aromatic heterocycles. The highest BCUT2D eigenvalue weighted by atomic mass is 32.1. The molecule has 1 rings (SSSR count). The average Bonchev–Trinajstić information content (AvgIpc) is 2.39.